The molecule has 0 spiro atoms. The van der Waals surface area contributed by atoms with Crippen LogP contribution in [0.25, 0.3) is 11.2 Å². The van der Waals surface area contributed by atoms with E-state index in [0.29, 0.717) is 23.9 Å². The minimum Gasteiger partial charge on any atom is -0.344 e. The van der Waals surface area contributed by atoms with Crippen molar-refractivity contribution in [2.75, 3.05) is 0 Å². The maximum atomic E-state index is 14.5. The first-order valence-corrected chi connectivity index (χ1v) is 6.56. The van der Waals surface area contributed by atoms with Gasteiger partial charge in [0.25, 0.3) is 0 Å². The van der Waals surface area contributed by atoms with Crippen molar-refractivity contribution in [3.8, 4) is 0 Å². The number of carbonyl (C=O) groups excluding carboxylic acids is 1. The molecule has 4 atom stereocenters. The lowest BCUT2D eigenvalue weighted by atomic mass is 9.97. The Hall–Kier alpha value is -1.89. The van der Waals surface area contributed by atoms with Crippen LogP contribution in [0.1, 0.15) is 25.3 Å². The largest absolute Gasteiger partial charge is 0.344 e. The van der Waals surface area contributed by atoms with E-state index in [2.05, 4.69) is 15.0 Å². The van der Waals surface area contributed by atoms with Gasteiger partial charge in [-0.25, -0.2) is 19.3 Å². The molecule has 3 rings (SSSR count). The highest BCUT2D eigenvalue weighted by Gasteiger charge is 2.45. The summed E-state index contributed by atoms with van der Waals surface area (Å²) in [5, 5.41) is 0. The summed E-state index contributed by atoms with van der Waals surface area (Å²) in [6.45, 7) is 3.66. The number of aromatic nitrogens is 4. The number of rotatable bonds is 3. The van der Waals surface area contributed by atoms with Crippen molar-refractivity contribution in [3.05, 3.63) is 18.3 Å². The summed E-state index contributed by atoms with van der Waals surface area (Å²) in [7, 11) is 0. The molecule has 1 fully saturated rings. The maximum absolute atomic E-state index is 14.5. The number of fused-ring (bicyclic) bond motifs is 1. The highest BCUT2D eigenvalue weighted by Crippen LogP contribution is 2.38. The monoisotopic (exact) mass is 278 g/mol. The first kappa shape index (κ1) is 13.1. The molecule has 0 aliphatic carbocycles. The minimum absolute atomic E-state index is 0.433. The second-order valence-electron chi connectivity index (χ2n) is 4.93. The van der Waals surface area contributed by atoms with Gasteiger partial charge in [-0.15, -0.1) is 0 Å². The SMILES string of the molecule is CCC1C(C=O)OC(n2cnc3c(C)ncnc32)C1F. The van der Waals surface area contributed by atoms with Crippen molar-refractivity contribution < 1.29 is 13.9 Å². The van der Waals surface area contributed by atoms with Gasteiger partial charge in [-0.3, -0.25) is 4.57 Å². The van der Waals surface area contributed by atoms with E-state index in [-0.39, 0.29) is 0 Å². The predicted octanol–water partition coefficient (Wildman–Crippen LogP) is 1.60. The van der Waals surface area contributed by atoms with Gasteiger partial charge in [-0.1, -0.05) is 6.92 Å². The Kier molecular flexibility index (Phi) is 3.21. The molecule has 4 unspecified atom stereocenters. The first-order chi connectivity index (χ1) is 9.67. The summed E-state index contributed by atoms with van der Waals surface area (Å²) in [6.07, 6.45) is 1.26. The lowest BCUT2D eigenvalue weighted by Gasteiger charge is -2.15. The molecular formula is C13H15FN4O2. The molecule has 0 saturated carbocycles. The standard InChI is InChI=1S/C13H15FN4O2/c1-3-8-9(4-19)20-13(10(8)14)18-6-17-11-7(2)15-5-16-12(11)18/h4-6,8-10,13H,3H2,1-2H3. The topological polar surface area (TPSA) is 69.9 Å². The van der Waals surface area contributed by atoms with Gasteiger partial charge in [0.15, 0.2) is 18.0 Å². The molecule has 106 valence electrons. The van der Waals surface area contributed by atoms with Crippen molar-refractivity contribution >= 4 is 17.5 Å². The maximum Gasteiger partial charge on any atom is 0.169 e. The number of nitrogens with zero attached hydrogens (tertiary/aromatic N) is 4. The van der Waals surface area contributed by atoms with Crippen molar-refractivity contribution in [2.45, 2.75) is 38.8 Å². The van der Waals surface area contributed by atoms with Crippen LogP contribution in [0, 0.1) is 12.8 Å². The molecule has 20 heavy (non-hydrogen) atoms. The Balaban J connectivity index is 2.04. The normalized spacial score (nSPS) is 29.9. The Bertz CT molecular complexity index is 644. The highest BCUT2D eigenvalue weighted by atomic mass is 19.1. The third-order valence-electron chi connectivity index (χ3n) is 3.82. The van der Waals surface area contributed by atoms with Gasteiger partial charge >= 0.3 is 0 Å². The van der Waals surface area contributed by atoms with Crippen LogP contribution >= 0.6 is 0 Å². The van der Waals surface area contributed by atoms with Crippen LogP contribution in [-0.2, 0) is 9.53 Å². The second kappa shape index (κ2) is 4.90. The summed E-state index contributed by atoms with van der Waals surface area (Å²) < 4.78 is 21.6. The quantitative estimate of drug-likeness (QED) is 0.797. The van der Waals surface area contributed by atoms with E-state index in [1.807, 2.05) is 13.8 Å². The van der Waals surface area contributed by atoms with Crippen LogP contribution in [-0.4, -0.2) is 38.1 Å². The average Bonchev–Trinajstić information content (AvgIpc) is 3.00. The van der Waals surface area contributed by atoms with E-state index in [1.54, 1.807) is 4.57 Å². The number of carbonyl (C=O) groups is 1. The fourth-order valence-corrected chi connectivity index (χ4v) is 2.69. The van der Waals surface area contributed by atoms with E-state index in [9.17, 15) is 9.18 Å². The van der Waals surface area contributed by atoms with Crippen LogP contribution < -0.4 is 0 Å². The summed E-state index contributed by atoms with van der Waals surface area (Å²) in [5.41, 5.74) is 1.86. The molecule has 1 aliphatic rings. The van der Waals surface area contributed by atoms with E-state index in [4.69, 9.17) is 4.74 Å². The molecule has 0 amide bonds. The van der Waals surface area contributed by atoms with Crippen molar-refractivity contribution in [1.29, 1.82) is 0 Å². The zero-order valence-electron chi connectivity index (χ0n) is 11.2. The van der Waals surface area contributed by atoms with E-state index >= 15 is 0 Å². The van der Waals surface area contributed by atoms with E-state index in [1.165, 1.54) is 12.7 Å². The van der Waals surface area contributed by atoms with E-state index < -0.39 is 24.4 Å². The fourth-order valence-electron chi connectivity index (χ4n) is 2.69. The van der Waals surface area contributed by atoms with Crippen LogP contribution in [0.2, 0.25) is 0 Å². The number of aryl methyl sites for hydroxylation is 1. The molecule has 1 saturated heterocycles. The molecule has 0 N–H and O–H groups in total. The predicted molar refractivity (Wildman–Crippen MR) is 68.7 cm³/mol. The lowest BCUT2D eigenvalue weighted by Crippen LogP contribution is -2.22. The number of alkyl halides is 1. The van der Waals surface area contributed by atoms with Gasteiger partial charge in [0, 0.05) is 5.92 Å². The lowest BCUT2D eigenvalue weighted by molar-refractivity contribution is -0.121. The molecule has 2 aromatic rings. The zero-order chi connectivity index (χ0) is 14.3. The molecule has 0 aromatic carbocycles. The molecule has 1 aliphatic heterocycles. The Morgan fingerprint density at radius 2 is 2.25 bits per heavy atom. The number of hydrogen-bond acceptors (Lipinski definition) is 5. The minimum atomic E-state index is -1.26. The summed E-state index contributed by atoms with van der Waals surface area (Å²) >= 11 is 0. The first-order valence-electron chi connectivity index (χ1n) is 6.56. The van der Waals surface area contributed by atoms with Crippen LogP contribution in [0.5, 0.6) is 0 Å². The van der Waals surface area contributed by atoms with Gasteiger partial charge < -0.3 is 9.53 Å². The third kappa shape index (κ3) is 1.81. The van der Waals surface area contributed by atoms with Crippen molar-refractivity contribution in [2.24, 2.45) is 5.92 Å². The van der Waals surface area contributed by atoms with E-state index in [0.717, 1.165) is 5.69 Å². The average molecular weight is 278 g/mol. The van der Waals surface area contributed by atoms with Gasteiger partial charge in [0.1, 0.15) is 24.2 Å². The van der Waals surface area contributed by atoms with Crippen LogP contribution in [0.15, 0.2) is 12.7 Å². The molecule has 6 nitrogen and oxygen atoms in total. The number of hydrogen-bond donors (Lipinski definition) is 0. The van der Waals surface area contributed by atoms with Crippen molar-refractivity contribution in [3.63, 3.8) is 0 Å². The summed E-state index contributed by atoms with van der Waals surface area (Å²) in [6, 6.07) is 0. The summed E-state index contributed by atoms with van der Waals surface area (Å²) in [4.78, 5) is 23.4. The summed E-state index contributed by atoms with van der Waals surface area (Å²) in [5.74, 6) is -0.433. The second-order valence-corrected chi connectivity index (χ2v) is 4.93. The van der Waals surface area contributed by atoms with Gasteiger partial charge in [-0.05, 0) is 13.3 Å². The number of ether oxygens (including phenoxy) is 1. The molecule has 7 heteroatoms. The van der Waals surface area contributed by atoms with Crippen molar-refractivity contribution in [1.82, 2.24) is 19.5 Å². The zero-order valence-corrected chi connectivity index (χ0v) is 11.2. The van der Waals surface area contributed by atoms with Gasteiger partial charge in [0.2, 0.25) is 0 Å². The highest BCUT2D eigenvalue weighted by molar-refractivity contribution is 5.72. The number of halogens is 1. The molecular weight excluding hydrogens is 263 g/mol. The number of imidazole rings is 1. The Labute approximate surface area is 115 Å². The smallest absolute Gasteiger partial charge is 0.169 e. The Morgan fingerprint density at radius 1 is 1.45 bits per heavy atom. The Morgan fingerprint density at radius 3 is 2.90 bits per heavy atom. The number of aldehydes is 1. The third-order valence-corrected chi connectivity index (χ3v) is 3.82. The molecule has 0 bridgehead atoms. The molecule has 0 radical (unpaired) electrons. The van der Waals surface area contributed by atoms with Gasteiger partial charge in [-0.2, -0.15) is 0 Å². The fraction of sp³-hybridized carbons (Fsp3) is 0.538. The van der Waals surface area contributed by atoms with Crippen LogP contribution in [0.3, 0.4) is 0 Å². The molecule has 2 aromatic heterocycles. The van der Waals surface area contributed by atoms with Crippen LogP contribution in [0.4, 0.5) is 4.39 Å². The molecule has 3 heterocycles. The van der Waals surface area contributed by atoms with Gasteiger partial charge in [0.05, 0.1) is 12.0 Å².